The average molecular weight is 395 g/mol. The van der Waals surface area contributed by atoms with E-state index in [1.807, 2.05) is 0 Å². The van der Waals surface area contributed by atoms with E-state index >= 15 is 0 Å². The molecule has 2 aromatic carbocycles. The normalized spacial score (nSPS) is 15.5. The zero-order valence-electron chi connectivity index (χ0n) is 15.6. The van der Waals surface area contributed by atoms with Crippen molar-refractivity contribution in [1.29, 1.82) is 0 Å². The third-order valence-corrected chi connectivity index (χ3v) is 4.97. The highest BCUT2D eigenvalue weighted by atomic mass is 19.1. The van der Waals surface area contributed by atoms with Gasteiger partial charge in [0.1, 0.15) is 22.9 Å². The predicted octanol–water partition coefficient (Wildman–Crippen LogP) is 3.25. The van der Waals surface area contributed by atoms with Crippen molar-refractivity contribution in [2.24, 2.45) is 0 Å². The van der Waals surface area contributed by atoms with Crippen LogP contribution in [0.1, 0.15) is 39.4 Å². The number of hydrogen-bond acceptors (Lipinski definition) is 4. The fourth-order valence-electron chi connectivity index (χ4n) is 3.60. The van der Waals surface area contributed by atoms with Crippen LogP contribution in [0, 0.1) is 5.82 Å². The Kier molecular flexibility index (Phi) is 4.75. The number of nitrogens with zero attached hydrogens (tertiary/aromatic N) is 2. The highest BCUT2D eigenvalue weighted by molar-refractivity contribution is 5.95. The van der Waals surface area contributed by atoms with Gasteiger partial charge in [0.25, 0.3) is 0 Å². The molecular weight excluding hydrogens is 377 g/mol. The van der Waals surface area contributed by atoms with Crippen LogP contribution in [0.3, 0.4) is 0 Å². The summed E-state index contributed by atoms with van der Waals surface area (Å²) in [4.78, 5) is 23.9. The minimum Gasteiger partial charge on any atom is -0.496 e. The molecule has 1 aliphatic heterocycles. The van der Waals surface area contributed by atoms with Gasteiger partial charge in [0, 0.05) is 17.9 Å². The molecule has 1 unspecified atom stereocenters. The molecule has 1 aromatic heterocycles. The summed E-state index contributed by atoms with van der Waals surface area (Å²) in [6, 6.07) is 11.0. The van der Waals surface area contributed by atoms with Crippen molar-refractivity contribution in [3.63, 3.8) is 0 Å². The topological polar surface area (TPSA) is 93.5 Å². The Labute approximate surface area is 165 Å². The lowest BCUT2D eigenvalue weighted by atomic mass is 9.86. The molecule has 148 valence electrons. The summed E-state index contributed by atoms with van der Waals surface area (Å²) in [5.41, 5.74) is 2.21. The highest BCUT2D eigenvalue weighted by Crippen LogP contribution is 2.38. The van der Waals surface area contributed by atoms with Crippen LogP contribution in [0.25, 0.3) is 0 Å². The number of hydrogen-bond donors (Lipinski definition) is 2. The number of rotatable bonds is 5. The highest BCUT2D eigenvalue weighted by Gasteiger charge is 2.31. The second-order valence-corrected chi connectivity index (χ2v) is 6.81. The summed E-state index contributed by atoms with van der Waals surface area (Å²) in [5.74, 6) is -1.21. The number of halogens is 1. The lowest BCUT2D eigenvalue weighted by Crippen LogP contribution is -2.25. The molecule has 0 fully saturated rings. The molecule has 1 atom stereocenters. The number of benzene rings is 2. The van der Waals surface area contributed by atoms with Gasteiger partial charge >= 0.3 is 5.97 Å². The predicted molar refractivity (Wildman–Crippen MR) is 103 cm³/mol. The molecule has 0 bridgehead atoms. The Hall–Kier alpha value is -3.68. The number of nitrogens with one attached hydrogen (secondary N) is 1. The van der Waals surface area contributed by atoms with Crippen molar-refractivity contribution in [2.45, 2.75) is 18.9 Å². The molecule has 2 N–H and O–H groups in total. The maximum atomic E-state index is 13.5. The summed E-state index contributed by atoms with van der Waals surface area (Å²) in [6.07, 6.45) is 1.83. The van der Waals surface area contributed by atoms with Crippen LogP contribution in [0.4, 0.5) is 10.2 Å². The Bertz CT molecular complexity index is 1110. The average Bonchev–Trinajstić information content (AvgIpc) is 3.09. The number of amides is 1. The van der Waals surface area contributed by atoms with E-state index in [1.54, 1.807) is 35.1 Å². The number of aromatic carboxylic acids is 1. The standard InChI is InChI=1S/C21H18FN3O4/c1-29-18-6-5-13(8-16(18)21(27)28)15-9-19(26)24-20-17(15)10-23-25(20)11-12-3-2-4-14(22)7-12/h2-8,10,15H,9,11H2,1H3,(H,24,26)(H,27,28). The van der Waals surface area contributed by atoms with Gasteiger partial charge in [0.05, 0.1) is 19.9 Å². The number of carbonyl (C=O) groups excluding carboxylic acids is 1. The molecule has 7 nitrogen and oxygen atoms in total. The van der Waals surface area contributed by atoms with Crippen LogP contribution >= 0.6 is 0 Å². The van der Waals surface area contributed by atoms with Gasteiger partial charge in [0.15, 0.2) is 0 Å². The van der Waals surface area contributed by atoms with Gasteiger partial charge in [-0.2, -0.15) is 5.10 Å². The van der Waals surface area contributed by atoms with E-state index in [1.165, 1.54) is 25.3 Å². The number of carboxylic acids is 1. The van der Waals surface area contributed by atoms with Crippen molar-refractivity contribution in [3.8, 4) is 5.75 Å². The van der Waals surface area contributed by atoms with E-state index < -0.39 is 5.97 Å². The van der Waals surface area contributed by atoms with Crippen LogP contribution in [0.2, 0.25) is 0 Å². The van der Waals surface area contributed by atoms with E-state index in [2.05, 4.69) is 10.4 Å². The van der Waals surface area contributed by atoms with Gasteiger partial charge in [-0.05, 0) is 35.4 Å². The third-order valence-electron chi connectivity index (χ3n) is 4.97. The van der Waals surface area contributed by atoms with E-state index in [9.17, 15) is 19.1 Å². The zero-order valence-corrected chi connectivity index (χ0v) is 15.6. The number of fused-ring (bicyclic) bond motifs is 1. The minimum absolute atomic E-state index is 0.0321. The first-order valence-corrected chi connectivity index (χ1v) is 8.97. The van der Waals surface area contributed by atoms with E-state index in [4.69, 9.17) is 4.74 Å². The number of aromatic nitrogens is 2. The Balaban J connectivity index is 1.72. The van der Waals surface area contributed by atoms with Crippen molar-refractivity contribution < 1.29 is 23.8 Å². The first kappa shape index (κ1) is 18.7. The molecule has 0 radical (unpaired) electrons. The van der Waals surface area contributed by atoms with Crippen LogP contribution in [0.5, 0.6) is 5.75 Å². The summed E-state index contributed by atoms with van der Waals surface area (Å²) >= 11 is 0. The van der Waals surface area contributed by atoms with Gasteiger partial charge in [-0.25, -0.2) is 13.9 Å². The number of ether oxygens (including phenoxy) is 1. The SMILES string of the molecule is COc1ccc(C2CC(=O)Nc3c2cnn3Cc2cccc(F)c2)cc1C(=O)O. The van der Waals surface area contributed by atoms with E-state index in [-0.39, 0.29) is 35.4 Å². The molecule has 4 rings (SSSR count). The van der Waals surface area contributed by atoms with Crippen molar-refractivity contribution in [1.82, 2.24) is 9.78 Å². The number of carboxylic acid groups (broad SMARTS) is 1. The zero-order chi connectivity index (χ0) is 20.5. The van der Waals surface area contributed by atoms with Crippen LogP contribution in [-0.2, 0) is 11.3 Å². The molecule has 0 aliphatic carbocycles. The minimum atomic E-state index is -1.11. The van der Waals surface area contributed by atoms with Crippen molar-refractivity contribution in [3.05, 3.63) is 76.7 Å². The lowest BCUT2D eigenvalue weighted by Gasteiger charge is -2.24. The second kappa shape index (κ2) is 7.38. The van der Waals surface area contributed by atoms with Crippen molar-refractivity contribution in [2.75, 3.05) is 12.4 Å². The summed E-state index contributed by atoms with van der Waals surface area (Å²) in [6.45, 7) is 0.295. The van der Waals surface area contributed by atoms with E-state index in [0.717, 1.165) is 5.56 Å². The van der Waals surface area contributed by atoms with Gasteiger partial charge in [-0.15, -0.1) is 0 Å². The largest absolute Gasteiger partial charge is 0.496 e. The summed E-state index contributed by atoms with van der Waals surface area (Å²) < 4.78 is 20.2. The monoisotopic (exact) mass is 395 g/mol. The first-order chi connectivity index (χ1) is 14.0. The number of carbonyl (C=O) groups is 2. The Morgan fingerprint density at radius 2 is 2.17 bits per heavy atom. The lowest BCUT2D eigenvalue weighted by molar-refractivity contribution is -0.116. The number of methoxy groups -OCH3 is 1. The van der Waals surface area contributed by atoms with Gasteiger partial charge < -0.3 is 15.2 Å². The Morgan fingerprint density at radius 3 is 2.90 bits per heavy atom. The molecule has 3 aromatic rings. The van der Waals surface area contributed by atoms with Crippen LogP contribution in [-0.4, -0.2) is 33.9 Å². The first-order valence-electron chi connectivity index (χ1n) is 8.97. The molecule has 8 heteroatoms. The Morgan fingerprint density at radius 1 is 1.34 bits per heavy atom. The van der Waals surface area contributed by atoms with Crippen LogP contribution in [0.15, 0.2) is 48.7 Å². The van der Waals surface area contributed by atoms with Gasteiger partial charge in [0.2, 0.25) is 5.91 Å². The molecule has 2 heterocycles. The van der Waals surface area contributed by atoms with Crippen LogP contribution < -0.4 is 10.1 Å². The molecule has 29 heavy (non-hydrogen) atoms. The second-order valence-electron chi connectivity index (χ2n) is 6.81. The van der Waals surface area contributed by atoms with Gasteiger partial charge in [-0.3, -0.25) is 4.79 Å². The molecular formula is C21H18FN3O4. The molecule has 0 saturated carbocycles. The third kappa shape index (κ3) is 3.56. The molecule has 0 saturated heterocycles. The van der Waals surface area contributed by atoms with Gasteiger partial charge in [-0.1, -0.05) is 18.2 Å². The fraction of sp³-hybridized carbons (Fsp3) is 0.190. The fourth-order valence-corrected chi connectivity index (χ4v) is 3.60. The maximum Gasteiger partial charge on any atom is 0.339 e. The smallest absolute Gasteiger partial charge is 0.339 e. The molecule has 1 aliphatic rings. The molecule has 1 amide bonds. The van der Waals surface area contributed by atoms with Crippen molar-refractivity contribution >= 4 is 17.7 Å². The quantitative estimate of drug-likeness (QED) is 0.692. The number of anilines is 1. The molecule has 0 spiro atoms. The summed E-state index contributed by atoms with van der Waals surface area (Å²) in [5, 5.41) is 16.6. The summed E-state index contributed by atoms with van der Waals surface area (Å²) in [7, 11) is 1.41. The van der Waals surface area contributed by atoms with E-state index in [0.29, 0.717) is 23.5 Å². The maximum absolute atomic E-state index is 13.5.